The molecule has 1 aromatic heterocycles. The van der Waals surface area contributed by atoms with Crippen molar-refractivity contribution in [3.8, 4) is 23.3 Å². The van der Waals surface area contributed by atoms with Gasteiger partial charge in [0.1, 0.15) is 6.61 Å². The number of ether oxygens (including phenoxy) is 4. The average molecular weight is 720 g/mol. The summed E-state index contributed by atoms with van der Waals surface area (Å²) < 4.78 is 24.2. The highest BCUT2D eigenvalue weighted by molar-refractivity contribution is 9.10. The first-order valence-electron chi connectivity index (χ1n) is 14.3. The maximum Gasteiger partial charge on any atom is 0.337 e. The molecule has 14 heteroatoms. The Bertz CT molecular complexity index is 2120. The van der Waals surface area contributed by atoms with E-state index in [0.717, 1.165) is 16.9 Å². The van der Waals surface area contributed by atoms with Crippen molar-refractivity contribution in [2.75, 3.05) is 20.3 Å². The van der Waals surface area contributed by atoms with Crippen LogP contribution in [0.5, 0.6) is 17.2 Å². The van der Waals surface area contributed by atoms with Gasteiger partial charge in [0.25, 0.3) is 5.56 Å². The van der Waals surface area contributed by atoms with Gasteiger partial charge in [-0.3, -0.25) is 19.5 Å². The number of nitro groups is 1. The van der Waals surface area contributed by atoms with Gasteiger partial charge in [0, 0.05) is 12.3 Å². The fourth-order valence-corrected chi connectivity index (χ4v) is 6.48. The Kier molecular flexibility index (Phi) is 10.2. The monoisotopic (exact) mass is 718 g/mol. The molecule has 0 amide bonds. The van der Waals surface area contributed by atoms with Crippen molar-refractivity contribution in [3.63, 3.8) is 0 Å². The number of methoxy groups -OCH3 is 1. The molecule has 0 fully saturated rings. The van der Waals surface area contributed by atoms with Crippen molar-refractivity contribution < 1.29 is 28.7 Å². The third-order valence-electron chi connectivity index (χ3n) is 7.02. The van der Waals surface area contributed by atoms with E-state index in [9.17, 15) is 19.7 Å². The van der Waals surface area contributed by atoms with E-state index in [4.69, 9.17) is 24.2 Å². The van der Waals surface area contributed by atoms with Crippen LogP contribution in [-0.4, -0.2) is 35.8 Å². The van der Waals surface area contributed by atoms with Gasteiger partial charge in [-0.25, -0.2) is 9.79 Å². The van der Waals surface area contributed by atoms with Crippen LogP contribution in [0.4, 0.5) is 5.69 Å². The molecule has 240 valence electrons. The Balaban J connectivity index is 1.57. The molecule has 0 saturated heterocycles. The summed E-state index contributed by atoms with van der Waals surface area (Å²) in [6.45, 7) is 4.50. The summed E-state index contributed by atoms with van der Waals surface area (Å²) in [7, 11) is 1.25. The fraction of sp³-hybridized carbons (Fsp3) is 0.212. The topological polar surface area (TPSA) is 155 Å². The number of carbonyl (C=O) groups excluding carboxylic acids is 1. The molecule has 0 aliphatic carbocycles. The van der Waals surface area contributed by atoms with Crippen LogP contribution in [0.1, 0.15) is 42.1 Å². The number of esters is 1. The Labute approximate surface area is 280 Å². The van der Waals surface area contributed by atoms with E-state index in [1.807, 2.05) is 19.9 Å². The van der Waals surface area contributed by atoms with Crippen LogP contribution in [0.3, 0.4) is 0 Å². The van der Waals surface area contributed by atoms with Crippen LogP contribution in [0.25, 0.3) is 6.08 Å². The third kappa shape index (κ3) is 6.96. The Morgan fingerprint density at radius 1 is 1.11 bits per heavy atom. The van der Waals surface area contributed by atoms with Crippen LogP contribution in [0.2, 0.25) is 0 Å². The molecule has 47 heavy (non-hydrogen) atoms. The van der Waals surface area contributed by atoms with Crippen molar-refractivity contribution in [1.82, 2.24) is 4.57 Å². The minimum atomic E-state index is -0.894. The summed E-state index contributed by atoms with van der Waals surface area (Å²) in [4.78, 5) is 43.0. The zero-order valence-electron chi connectivity index (χ0n) is 25.4. The lowest BCUT2D eigenvalue weighted by Gasteiger charge is -2.23. The first-order chi connectivity index (χ1) is 22.7. The number of nitrogens with zero attached hydrogens (tertiary/aromatic N) is 4. The van der Waals surface area contributed by atoms with Crippen LogP contribution in [0, 0.1) is 21.4 Å². The largest absolute Gasteiger partial charge is 0.490 e. The zero-order chi connectivity index (χ0) is 33.7. The lowest BCUT2D eigenvalue weighted by molar-refractivity contribution is -0.386. The molecule has 0 unspecified atom stereocenters. The number of thiazole rings is 1. The lowest BCUT2D eigenvalue weighted by Crippen LogP contribution is -2.39. The van der Waals surface area contributed by atoms with Crippen LogP contribution in [0.15, 0.2) is 80.6 Å². The van der Waals surface area contributed by atoms with E-state index < -0.39 is 22.5 Å². The van der Waals surface area contributed by atoms with Crippen molar-refractivity contribution >= 4 is 45.0 Å². The van der Waals surface area contributed by atoms with Gasteiger partial charge in [-0.2, -0.15) is 5.26 Å². The number of rotatable bonds is 11. The quantitative estimate of drug-likeness (QED) is 0.119. The molecular formula is C33H27BrN4O8S. The summed E-state index contributed by atoms with van der Waals surface area (Å²) in [6, 6.07) is 15.9. The van der Waals surface area contributed by atoms with E-state index in [0.29, 0.717) is 50.7 Å². The van der Waals surface area contributed by atoms with Gasteiger partial charge in [-0.05, 0) is 82.9 Å². The minimum Gasteiger partial charge on any atom is -0.490 e. The molecule has 1 atom stereocenters. The molecule has 12 nitrogen and oxygen atoms in total. The average Bonchev–Trinajstić information content (AvgIpc) is 3.38. The molecule has 2 heterocycles. The second-order valence-electron chi connectivity index (χ2n) is 9.95. The Hall–Kier alpha value is -5.26. The second-order valence-corrected chi connectivity index (χ2v) is 11.8. The smallest absolute Gasteiger partial charge is 0.337 e. The van der Waals surface area contributed by atoms with Gasteiger partial charge >= 0.3 is 11.7 Å². The predicted molar refractivity (Wildman–Crippen MR) is 176 cm³/mol. The predicted octanol–water partition coefficient (Wildman–Crippen LogP) is 4.94. The van der Waals surface area contributed by atoms with Crippen molar-refractivity contribution in [1.29, 1.82) is 5.26 Å². The molecule has 4 aromatic rings. The number of nitro benzene ring substituents is 1. The SMILES string of the molecule is CCOc1ccc([C@H]2C(C(=O)OC)=CN=c3s/c(=C/c4cc(Br)c(OCc5ccc(C#N)cc5)c([N+](=O)[O-])c4)c(=O)n32)cc1OCC. The van der Waals surface area contributed by atoms with Gasteiger partial charge in [0.15, 0.2) is 16.3 Å². The summed E-state index contributed by atoms with van der Waals surface area (Å²) in [5.41, 5.74) is 1.51. The maximum atomic E-state index is 14.0. The van der Waals surface area contributed by atoms with Crippen LogP contribution >= 0.6 is 27.3 Å². The Morgan fingerprint density at radius 3 is 2.49 bits per heavy atom. The van der Waals surface area contributed by atoms with Gasteiger partial charge in [0.05, 0.1) is 57.5 Å². The summed E-state index contributed by atoms with van der Waals surface area (Å²) in [6.07, 6.45) is 2.90. The van der Waals surface area contributed by atoms with E-state index in [-0.39, 0.29) is 28.1 Å². The molecule has 0 radical (unpaired) electrons. The number of hydrogen-bond donors (Lipinski definition) is 0. The zero-order valence-corrected chi connectivity index (χ0v) is 27.8. The van der Waals surface area contributed by atoms with Gasteiger partial charge in [0.2, 0.25) is 5.75 Å². The summed E-state index contributed by atoms with van der Waals surface area (Å²) in [5, 5.41) is 21.1. The highest BCUT2D eigenvalue weighted by atomic mass is 79.9. The number of aromatic nitrogens is 1. The Morgan fingerprint density at radius 2 is 1.83 bits per heavy atom. The molecule has 0 spiro atoms. The van der Waals surface area contributed by atoms with E-state index in [1.54, 1.807) is 48.5 Å². The summed E-state index contributed by atoms with van der Waals surface area (Å²) >= 11 is 4.46. The normalized spacial score (nSPS) is 13.9. The lowest BCUT2D eigenvalue weighted by atomic mass is 9.97. The molecule has 5 rings (SSSR count). The second kappa shape index (κ2) is 14.4. The van der Waals surface area contributed by atoms with E-state index >= 15 is 0 Å². The first kappa shape index (κ1) is 33.1. The molecule has 0 bridgehead atoms. The highest BCUT2D eigenvalue weighted by Gasteiger charge is 2.31. The standard InChI is InChI=1S/C33H27BrN4O8S/c1-4-44-26-11-10-22(15-27(26)45-5-2)29-23(32(40)43-3)17-36-33-37(29)31(39)28(47-33)14-21-12-24(34)30(25(13-21)38(41)42)46-18-20-8-6-19(16-35)7-9-20/h6-15,17,29H,4-5,18H2,1-3H3/b28-14+/t29-/m0/s1. The van der Waals surface area contributed by atoms with Crippen LogP contribution < -0.4 is 29.1 Å². The number of nitriles is 1. The number of hydrogen-bond acceptors (Lipinski definition) is 11. The number of fused-ring (bicyclic) bond motifs is 1. The molecule has 0 saturated carbocycles. The molecule has 1 aliphatic heterocycles. The van der Waals surface area contributed by atoms with Crippen molar-refractivity contribution in [2.24, 2.45) is 4.99 Å². The highest BCUT2D eigenvalue weighted by Crippen LogP contribution is 2.38. The molecule has 0 N–H and O–H groups in total. The number of carbonyl (C=O) groups is 1. The third-order valence-corrected chi connectivity index (χ3v) is 8.60. The van der Waals surface area contributed by atoms with E-state index in [2.05, 4.69) is 20.9 Å². The van der Waals surface area contributed by atoms with E-state index in [1.165, 1.54) is 30.0 Å². The van der Waals surface area contributed by atoms with Gasteiger partial charge in [-0.15, -0.1) is 0 Å². The number of halogens is 1. The van der Waals surface area contributed by atoms with Crippen molar-refractivity contribution in [3.05, 3.63) is 123 Å². The molecule has 3 aromatic carbocycles. The fourth-order valence-electron chi connectivity index (χ4n) is 4.93. The maximum absolute atomic E-state index is 14.0. The van der Waals surface area contributed by atoms with Crippen LogP contribution in [-0.2, 0) is 16.1 Å². The summed E-state index contributed by atoms with van der Waals surface area (Å²) in [5.74, 6) is 0.330. The van der Waals surface area contributed by atoms with Gasteiger partial charge in [-0.1, -0.05) is 29.5 Å². The molecular weight excluding hydrogens is 692 g/mol. The minimum absolute atomic E-state index is 0.0151. The van der Waals surface area contributed by atoms with Crippen molar-refractivity contribution in [2.45, 2.75) is 26.5 Å². The first-order valence-corrected chi connectivity index (χ1v) is 15.9. The van der Waals surface area contributed by atoms with Gasteiger partial charge < -0.3 is 18.9 Å². The number of benzene rings is 3. The molecule has 1 aliphatic rings.